The van der Waals surface area contributed by atoms with Crippen LogP contribution in [0.1, 0.15) is 54.8 Å². The molecule has 2 aromatic carbocycles. The lowest BCUT2D eigenvalue weighted by molar-refractivity contribution is -0.137. The van der Waals surface area contributed by atoms with Crippen molar-refractivity contribution in [3.8, 4) is 5.75 Å². The second-order valence-electron chi connectivity index (χ2n) is 8.88. The van der Waals surface area contributed by atoms with Gasteiger partial charge in [-0.05, 0) is 86.9 Å². The molecule has 1 aliphatic heterocycles. The monoisotopic (exact) mass is 467 g/mol. The highest BCUT2D eigenvalue weighted by Crippen LogP contribution is 2.40. The first-order chi connectivity index (χ1) is 15.1. The highest BCUT2D eigenvalue weighted by atomic mass is 32.2. The summed E-state index contributed by atoms with van der Waals surface area (Å²) >= 11 is 0. The first-order valence-corrected chi connectivity index (χ1v) is 12.9. The Morgan fingerprint density at radius 3 is 2.34 bits per heavy atom. The third kappa shape index (κ3) is 5.29. The van der Waals surface area contributed by atoms with E-state index in [0.29, 0.717) is 12.2 Å². The van der Waals surface area contributed by atoms with E-state index in [1.165, 1.54) is 18.4 Å². The van der Waals surface area contributed by atoms with Crippen molar-refractivity contribution in [3.05, 3.63) is 59.2 Å². The van der Waals surface area contributed by atoms with Gasteiger partial charge in [0, 0.05) is 17.9 Å². The SMILES string of the molecule is CS(=O)(=O)c1ccc(OC2CCCC2)c(C2NCCC2Cc2ccc(C(F)(F)F)cc2)c1. The zero-order valence-electron chi connectivity index (χ0n) is 18.0. The second-order valence-corrected chi connectivity index (χ2v) is 10.9. The van der Waals surface area contributed by atoms with E-state index in [1.54, 1.807) is 18.2 Å². The molecule has 2 unspecified atom stereocenters. The molecular weight excluding hydrogens is 439 g/mol. The maximum Gasteiger partial charge on any atom is 0.416 e. The van der Waals surface area contributed by atoms with Crippen molar-refractivity contribution in [2.75, 3.05) is 12.8 Å². The van der Waals surface area contributed by atoms with Crippen LogP contribution >= 0.6 is 0 Å². The Morgan fingerprint density at radius 2 is 1.72 bits per heavy atom. The van der Waals surface area contributed by atoms with E-state index in [9.17, 15) is 21.6 Å². The summed E-state index contributed by atoms with van der Waals surface area (Å²) in [6.07, 6.45) is 2.63. The smallest absolute Gasteiger partial charge is 0.416 e. The highest BCUT2D eigenvalue weighted by Gasteiger charge is 2.33. The summed E-state index contributed by atoms with van der Waals surface area (Å²) in [7, 11) is -3.38. The van der Waals surface area contributed by atoms with Gasteiger partial charge in [-0.2, -0.15) is 13.2 Å². The van der Waals surface area contributed by atoms with Crippen molar-refractivity contribution >= 4 is 9.84 Å². The number of nitrogens with one attached hydrogen (secondary N) is 1. The van der Waals surface area contributed by atoms with E-state index in [2.05, 4.69) is 5.32 Å². The quantitative estimate of drug-likeness (QED) is 0.625. The van der Waals surface area contributed by atoms with Crippen molar-refractivity contribution in [1.82, 2.24) is 5.32 Å². The summed E-state index contributed by atoms with van der Waals surface area (Å²) in [5, 5.41) is 3.47. The van der Waals surface area contributed by atoms with Gasteiger partial charge in [-0.15, -0.1) is 0 Å². The van der Waals surface area contributed by atoms with Crippen molar-refractivity contribution < 1.29 is 26.3 Å². The third-order valence-electron chi connectivity index (χ3n) is 6.47. The molecule has 0 aromatic heterocycles. The van der Waals surface area contributed by atoms with E-state index < -0.39 is 21.6 Å². The van der Waals surface area contributed by atoms with Gasteiger partial charge in [-0.25, -0.2) is 8.42 Å². The van der Waals surface area contributed by atoms with E-state index in [4.69, 9.17) is 4.74 Å². The van der Waals surface area contributed by atoms with Crippen LogP contribution in [0.15, 0.2) is 47.4 Å². The maximum absolute atomic E-state index is 12.9. The van der Waals surface area contributed by atoms with Crippen molar-refractivity contribution in [1.29, 1.82) is 0 Å². The van der Waals surface area contributed by atoms with Crippen LogP contribution in [-0.4, -0.2) is 27.3 Å². The molecule has 32 heavy (non-hydrogen) atoms. The minimum absolute atomic E-state index is 0.118. The average molecular weight is 468 g/mol. The molecule has 2 atom stereocenters. The first-order valence-electron chi connectivity index (χ1n) is 11.0. The molecule has 174 valence electrons. The van der Waals surface area contributed by atoms with Crippen molar-refractivity contribution in [2.24, 2.45) is 5.92 Å². The zero-order chi connectivity index (χ0) is 22.9. The summed E-state index contributed by atoms with van der Waals surface area (Å²) in [5.74, 6) is 0.814. The summed E-state index contributed by atoms with van der Waals surface area (Å²) in [6.45, 7) is 0.752. The fourth-order valence-electron chi connectivity index (χ4n) is 4.77. The van der Waals surface area contributed by atoms with Gasteiger partial charge in [-0.3, -0.25) is 0 Å². The normalized spacial score (nSPS) is 22.4. The fraction of sp³-hybridized carbons (Fsp3) is 0.500. The molecule has 0 amide bonds. The number of rotatable bonds is 6. The second kappa shape index (κ2) is 9.06. The molecule has 0 bridgehead atoms. The molecule has 0 spiro atoms. The number of halogens is 3. The van der Waals surface area contributed by atoms with Gasteiger partial charge >= 0.3 is 6.18 Å². The van der Waals surface area contributed by atoms with E-state index in [1.807, 2.05) is 0 Å². The molecule has 1 saturated carbocycles. The van der Waals surface area contributed by atoms with Crippen LogP contribution in [-0.2, 0) is 22.4 Å². The van der Waals surface area contributed by atoms with Gasteiger partial charge in [0.25, 0.3) is 0 Å². The van der Waals surface area contributed by atoms with Crippen LogP contribution in [0.5, 0.6) is 5.75 Å². The molecule has 1 heterocycles. The van der Waals surface area contributed by atoms with Gasteiger partial charge in [0.1, 0.15) is 5.75 Å². The highest BCUT2D eigenvalue weighted by molar-refractivity contribution is 7.90. The van der Waals surface area contributed by atoms with Crippen LogP contribution in [0.3, 0.4) is 0 Å². The molecule has 2 fully saturated rings. The number of hydrogen-bond donors (Lipinski definition) is 1. The molecule has 8 heteroatoms. The first kappa shape index (κ1) is 23.1. The van der Waals surface area contributed by atoms with Gasteiger partial charge < -0.3 is 10.1 Å². The number of ether oxygens (including phenoxy) is 1. The van der Waals surface area contributed by atoms with Crippen LogP contribution in [0.2, 0.25) is 0 Å². The largest absolute Gasteiger partial charge is 0.490 e. The summed E-state index contributed by atoms with van der Waals surface area (Å²) in [4.78, 5) is 0.244. The van der Waals surface area contributed by atoms with Crippen molar-refractivity contribution in [3.63, 3.8) is 0 Å². The number of hydrogen-bond acceptors (Lipinski definition) is 4. The molecule has 2 aliphatic rings. The van der Waals surface area contributed by atoms with Crippen molar-refractivity contribution in [2.45, 2.75) is 61.7 Å². The van der Waals surface area contributed by atoms with E-state index >= 15 is 0 Å². The predicted octanol–water partition coefficient (Wildman–Crippen LogP) is 5.32. The van der Waals surface area contributed by atoms with Crippen LogP contribution in [0.25, 0.3) is 0 Å². The lowest BCUT2D eigenvalue weighted by Crippen LogP contribution is -2.22. The standard InChI is InChI=1S/C24H28F3NO3S/c1-32(29,30)20-10-11-22(31-19-4-2-3-5-19)21(15-20)23-17(12-13-28-23)14-16-6-8-18(9-7-16)24(25,26)27/h6-11,15,17,19,23,28H,2-5,12-14H2,1H3. The lowest BCUT2D eigenvalue weighted by Gasteiger charge is -2.25. The molecule has 4 rings (SSSR count). The number of benzene rings is 2. The molecule has 1 N–H and O–H groups in total. The Morgan fingerprint density at radius 1 is 1.03 bits per heavy atom. The van der Waals surface area contributed by atoms with Gasteiger partial charge in [0.2, 0.25) is 0 Å². The minimum Gasteiger partial charge on any atom is -0.490 e. The molecule has 4 nitrogen and oxygen atoms in total. The maximum atomic E-state index is 12.9. The Hall–Kier alpha value is -2.06. The van der Waals surface area contributed by atoms with Gasteiger partial charge in [0.15, 0.2) is 9.84 Å². The zero-order valence-corrected chi connectivity index (χ0v) is 18.8. The molecule has 1 saturated heterocycles. The Balaban J connectivity index is 1.61. The third-order valence-corrected chi connectivity index (χ3v) is 7.58. The average Bonchev–Trinajstić information content (AvgIpc) is 3.39. The molecular formula is C24H28F3NO3S. The van der Waals surface area contributed by atoms with Crippen LogP contribution in [0, 0.1) is 5.92 Å². The molecule has 0 radical (unpaired) electrons. The van der Waals surface area contributed by atoms with Crippen LogP contribution in [0.4, 0.5) is 13.2 Å². The topological polar surface area (TPSA) is 55.4 Å². The van der Waals surface area contributed by atoms with E-state index in [-0.39, 0.29) is 23.0 Å². The lowest BCUT2D eigenvalue weighted by atomic mass is 9.88. The van der Waals surface area contributed by atoms with E-state index in [0.717, 1.165) is 61.9 Å². The van der Waals surface area contributed by atoms with Gasteiger partial charge in [0.05, 0.1) is 16.6 Å². The fourth-order valence-corrected chi connectivity index (χ4v) is 5.42. The Labute approximate surface area is 187 Å². The Kier molecular flexibility index (Phi) is 6.54. The predicted molar refractivity (Wildman–Crippen MR) is 116 cm³/mol. The molecule has 2 aromatic rings. The Bertz CT molecular complexity index is 1050. The summed E-state index contributed by atoms with van der Waals surface area (Å²) in [6, 6.07) is 10.2. The van der Waals surface area contributed by atoms with Gasteiger partial charge in [-0.1, -0.05) is 12.1 Å². The molecule has 1 aliphatic carbocycles. The summed E-state index contributed by atoms with van der Waals surface area (Å²) < 4.78 is 69.3. The minimum atomic E-state index is -4.35. The summed E-state index contributed by atoms with van der Waals surface area (Å²) in [5.41, 5.74) is 0.985. The number of sulfone groups is 1. The number of alkyl halides is 3. The van der Waals surface area contributed by atoms with Crippen LogP contribution < -0.4 is 10.1 Å².